The van der Waals surface area contributed by atoms with Gasteiger partial charge in [0.05, 0.1) is 5.69 Å². The zero-order valence-corrected chi connectivity index (χ0v) is 9.37. The smallest absolute Gasteiger partial charge is 0.143 e. The number of anilines is 1. The van der Waals surface area contributed by atoms with Gasteiger partial charge in [-0.2, -0.15) is 0 Å². The molecule has 1 radical (unpaired) electrons. The zero-order valence-electron chi connectivity index (χ0n) is 9.37. The summed E-state index contributed by atoms with van der Waals surface area (Å²) in [6.07, 6.45) is 1.58. The number of hydrogen-bond donors (Lipinski definition) is 1. The standard InChI is InChI=1S/C11H13N6/c1-3-11(17-9-13-14-15-17)4-2-10(1)16-7-5-12-6-8-16/h1,3-4,9,12H,5-8H2. The first-order valence-corrected chi connectivity index (χ1v) is 5.64. The van der Waals surface area contributed by atoms with E-state index < -0.39 is 0 Å². The Labute approximate surface area is 99.2 Å². The molecule has 6 nitrogen and oxygen atoms in total. The monoisotopic (exact) mass is 229 g/mol. The van der Waals surface area contributed by atoms with Crippen molar-refractivity contribution in [3.8, 4) is 5.69 Å². The van der Waals surface area contributed by atoms with E-state index in [1.807, 2.05) is 12.1 Å². The topological polar surface area (TPSA) is 58.9 Å². The zero-order chi connectivity index (χ0) is 11.5. The summed E-state index contributed by atoms with van der Waals surface area (Å²) in [5.41, 5.74) is 2.05. The van der Waals surface area contributed by atoms with Gasteiger partial charge in [-0.15, -0.1) is 5.10 Å². The van der Waals surface area contributed by atoms with E-state index in [4.69, 9.17) is 0 Å². The minimum Gasteiger partial charge on any atom is -0.368 e. The molecule has 87 valence electrons. The molecular formula is C11H13N6. The minimum absolute atomic E-state index is 0.925. The minimum atomic E-state index is 0.925. The Morgan fingerprint density at radius 2 is 2.12 bits per heavy atom. The normalized spacial score (nSPS) is 16.1. The highest BCUT2D eigenvalue weighted by atomic mass is 15.5. The first kappa shape index (κ1) is 10.2. The van der Waals surface area contributed by atoms with Crippen LogP contribution in [-0.4, -0.2) is 46.4 Å². The van der Waals surface area contributed by atoms with Gasteiger partial charge in [-0.1, -0.05) is 0 Å². The van der Waals surface area contributed by atoms with Gasteiger partial charge >= 0.3 is 0 Å². The lowest BCUT2D eigenvalue weighted by atomic mass is 10.2. The predicted octanol–water partition coefficient (Wildman–Crippen LogP) is -0.128. The maximum atomic E-state index is 3.84. The van der Waals surface area contributed by atoms with Crippen LogP contribution in [0, 0.1) is 6.07 Å². The number of nitrogens with one attached hydrogen (secondary N) is 1. The summed E-state index contributed by atoms with van der Waals surface area (Å²) < 4.78 is 1.62. The summed E-state index contributed by atoms with van der Waals surface area (Å²) >= 11 is 0. The highest BCUT2D eigenvalue weighted by molar-refractivity contribution is 5.49. The van der Waals surface area contributed by atoms with Gasteiger partial charge in [0.15, 0.2) is 0 Å². The predicted molar refractivity (Wildman–Crippen MR) is 63.1 cm³/mol. The van der Waals surface area contributed by atoms with Crippen molar-refractivity contribution in [1.82, 2.24) is 25.5 Å². The summed E-state index contributed by atoms with van der Waals surface area (Å²) in [4.78, 5) is 2.32. The Morgan fingerprint density at radius 1 is 1.24 bits per heavy atom. The molecule has 1 aromatic heterocycles. The maximum absolute atomic E-state index is 3.84. The van der Waals surface area contributed by atoms with Crippen LogP contribution in [0.4, 0.5) is 5.69 Å². The molecular weight excluding hydrogens is 216 g/mol. The lowest BCUT2D eigenvalue weighted by Crippen LogP contribution is -2.43. The quantitative estimate of drug-likeness (QED) is 0.777. The van der Waals surface area contributed by atoms with E-state index in [0.29, 0.717) is 0 Å². The summed E-state index contributed by atoms with van der Waals surface area (Å²) in [5, 5.41) is 14.4. The Balaban J connectivity index is 1.80. The number of rotatable bonds is 2. The van der Waals surface area contributed by atoms with E-state index in [1.165, 1.54) is 0 Å². The van der Waals surface area contributed by atoms with E-state index in [0.717, 1.165) is 37.6 Å². The van der Waals surface area contributed by atoms with E-state index in [1.54, 1.807) is 11.0 Å². The molecule has 2 heterocycles. The molecule has 1 fully saturated rings. The highest BCUT2D eigenvalue weighted by Crippen LogP contribution is 2.16. The summed E-state index contributed by atoms with van der Waals surface area (Å²) in [6, 6.07) is 9.25. The second-order valence-corrected chi connectivity index (χ2v) is 3.92. The fourth-order valence-electron chi connectivity index (χ4n) is 1.93. The van der Waals surface area contributed by atoms with Crippen molar-refractivity contribution < 1.29 is 0 Å². The van der Waals surface area contributed by atoms with Crippen LogP contribution in [0.3, 0.4) is 0 Å². The van der Waals surface area contributed by atoms with Crippen molar-refractivity contribution in [3.05, 3.63) is 30.6 Å². The van der Waals surface area contributed by atoms with E-state index in [9.17, 15) is 0 Å². The number of nitrogens with zero attached hydrogens (tertiary/aromatic N) is 5. The molecule has 1 aromatic carbocycles. The summed E-state index contributed by atoms with van der Waals surface area (Å²) in [7, 11) is 0. The van der Waals surface area contributed by atoms with Gasteiger partial charge in [-0.05, 0) is 28.6 Å². The lowest BCUT2D eigenvalue weighted by Gasteiger charge is -2.29. The summed E-state index contributed by atoms with van der Waals surface area (Å²) in [6.45, 7) is 4.12. The van der Waals surface area contributed by atoms with Gasteiger partial charge in [0.2, 0.25) is 0 Å². The van der Waals surface area contributed by atoms with E-state index >= 15 is 0 Å². The van der Waals surface area contributed by atoms with Crippen LogP contribution in [0.25, 0.3) is 5.69 Å². The van der Waals surface area contributed by atoms with Crippen LogP contribution in [0.2, 0.25) is 0 Å². The van der Waals surface area contributed by atoms with Crippen LogP contribution in [0.1, 0.15) is 0 Å². The Kier molecular flexibility index (Phi) is 2.71. The molecule has 0 bridgehead atoms. The van der Waals surface area contributed by atoms with Crippen LogP contribution < -0.4 is 10.2 Å². The third kappa shape index (κ3) is 2.12. The van der Waals surface area contributed by atoms with Crippen LogP contribution in [-0.2, 0) is 0 Å². The lowest BCUT2D eigenvalue weighted by molar-refractivity contribution is 0.589. The van der Waals surface area contributed by atoms with Crippen molar-refractivity contribution in [2.45, 2.75) is 0 Å². The van der Waals surface area contributed by atoms with Gasteiger partial charge in [0, 0.05) is 37.9 Å². The molecule has 2 aromatic rings. The number of hydrogen-bond acceptors (Lipinski definition) is 5. The molecule has 0 aliphatic carbocycles. The largest absolute Gasteiger partial charge is 0.368 e. The number of piperazine rings is 1. The number of aromatic nitrogens is 4. The number of tetrazole rings is 1. The molecule has 1 aliphatic heterocycles. The van der Waals surface area contributed by atoms with Crippen molar-refractivity contribution in [2.75, 3.05) is 31.1 Å². The van der Waals surface area contributed by atoms with Gasteiger partial charge < -0.3 is 10.2 Å². The molecule has 1 aliphatic rings. The third-order valence-corrected chi connectivity index (χ3v) is 2.85. The van der Waals surface area contributed by atoms with Gasteiger partial charge in [-0.3, -0.25) is 0 Å². The third-order valence-electron chi connectivity index (χ3n) is 2.85. The van der Waals surface area contributed by atoms with Gasteiger partial charge in [0.1, 0.15) is 6.33 Å². The van der Waals surface area contributed by atoms with Crippen LogP contribution >= 0.6 is 0 Å². The van der Waals surface area contributed by atoms with Gasteiger partial charge in [0.25, 0.3) is 0 Å². The van der Waals surface area contributed by atoms with Crippen molar-refractivity contribution in [2.24, 2.45) is 0 Å². The van der Waals surface area contributed by atoms with Gasteiger partial charge in [-0.25, -0.2) is 4.68 Å². The maximum Gasteiger partial charge on any atom is 0.143 e. The SMILES string of the molecule is [c]1cc(-n2cnnn2)ccc1N1CCNCC1. The second kappa shape index (κ2) is 4.50. The van der Waals surface area contributed by atoms with Crippen LogP contribution in [0.15, 0.2) is 24.5 Å². The molecule has 0 spiro atoms. The Morgan fingerprint density at radius 3 is 2.76 bits per heavy atom. The first-order valence-electron chi connectivity index (χ1n) is 5.64. The van der Waals surface area contributed by atoms with Crippen LogP contribution in [0.5, 0.6) is 0 Å². The average Bonchev–Trinajstić information content (AvgIpc) is 2.94. The molecule has 1 N–H and O–H groups in total. The Hall–Kier alpha value is -1.95. The fourth-order valence-corrected chi connectivity index (χ4v) is 1.93. The molecule has 0 saturated carbocycles. The first-order chi connectivity index (χ1) is 8.43. The molecule has 6 heteroatoms. The molecule has 0 unspecified atom stereocenters. The molecule has 17 heavy (non-hydrogen) atoms. The highest BCUT2D eigenvalue weighted by Gasteiger charge is 2.10. The fraction of sp³-hybridized carbons (Fsp3) is 0.364. The molecule has 0 amide bonds. The molecule has 3 rings (SSSR count). The summed E-state index contributed by atoms with van der Waals surface area (Å²) in [5.74, 6) is 0. The Bertz CT molecular complexity index is 457. The van der Waals surface area contributed by atoms with E-state index in [-0.39, 0.29) is 0 Å². The van der Waals surface area contributed by atoms with Crippen molar-refractivity contribution in [1.29, 1.82) is 0 Å². The van der Waals surface area contributed by atoms with Crippen molar-refractivity contribution >= 4 is 5.69 Å². The molecule has 0 atom stereocenters. The second-order valence-electron chi connectivity index (χ2n) is 3.92. The van der Waals surface area contributed by atoms with E-state index in [2.05, 4.69) is 37.9 Å². The average molecular weight is 229 g/mol. The van der Waals surface area contributed by atoms with Crippen molar-refractivity contribution in [3.63, 3.8) is 0 Å². The molecule has 1 saturated heterocycles. The number of benzene rings is 1.